The fraction of sp³-hybridized carbons (Fsp3) is 0.250. The predicted molar refractivity (Wildman–Crippen MR) is 109 cm³/mol. The lowest BCUT2D eigenvalue weighted by atomic mass is 10.1. The van der Waals surface area contributed by atoms with Crippen LogP contribution in [-0.2, 0) is 4.79 Å². The van der Waals surface area contributed by atoms with Gasteiger partial charge in [-0.2, -0.15) is 0 Å². The predicted octanol–water partition coefficient (Wildman–Crippen LogP) is 4.25. The number of anilines is 2. The van der Waals surface area contributed by atoms with Crippen molar-refractivity contribution in [3.8, 4) is 0 Å². The maximum Gasteiger partial charge on any atom is 0.257 e. The van der Waals surface area contributed by atoms with Gasteiger partial charge in [-0.3, -0.25) is 14.9 Å². The monoisotopic (exact) mass is 369 g/mol. The van der Waals surface area contributed by atoms with Crippen molar-refractivity contribution in [2.45, 2.75) is 33.1 Å². The van der Waals surface area contributed by atoms with Crippen LogP contribution >= 0.6 is 12.2 Å². The van der Waals surface area contributed by atoms with E-state index < -0.39 is 0 Å². The summed E-state index contributed by atoms with van der Waals surface area (Å²) < 4.78 is 0. The number of nitrogens with one attached hydrogen (secondary N) is 3. The molecule has 0 unspecified atom stereocenters. The van der Waals surface area contributed by atoms with E-state index in [2.05, 4.69) is 16.0 Å². The topological polar surface area (TPSA) is 70.2 Å². The van der Waals surface area contributed by atoms with Crippen molar-refractivity contribution in [3.05, 3.63) is 59.7 Å². The highest BCUT2D eigenvalue weighted by Crippen LogP contribution is 2.15. The van der Waals surface area contributed by atoms with Crippen LogP contribution in [0.1, 0.15) is 42.1 Å². The zero-order valence-electron chi connectivity index (χ0n) is 15.0. The number of rotatable bonds is 6. The minimum absolute atomic E-state index is 0.0146. The van der Waals surface area contributed by atoms with Gasteiger partial charge in [-0.15, -0.1) is 0 Å². The Labute approximate surface area is 159 Å². The van der Waals surface area contributed by atoms with Gasteiger partial charge in [0.1, 0.15) is 0 Å². The zero-order valence-corrected chi connectivity index (χ0v) is 15.8. The minimum atomic E-state index is -0.272. The van der Waals surface area contributed by atoms with Gasteiger partial charge in [-0.05, 0) is 55.9 Å². The summed E-state index contributed by atoms with van der Waals surface area (Å²) in [5, 5.41) is 8.66. The lowest BCUT2D eigenvalue weighted by molar-refractivity contribution is -0.116. The molecule has 0 spiro atoms. The van der Waals surface area contributed by atoms with Crippen molar-refractivity contribution in [2.75, 3.05) is 10.6 Å². The molecule has 0 atom stereocenters. The molecule has 0 aromatic heterocycles. The summed E-state index contributed by atoms with van der Waals surface area (Å²) in [5.41, 5.74) is 2.99. The van der Waals surface area contributed by atoms with E-state index in [0.717, 1.165) is 18.4 Å². The second-order valence-corrected chi connectivity index (χ2v) is 6.42. The van der Waals surface area contributed by atoms with Crippen molar-refractivity contribution in [3.63, 3.8) is 0 Å². The summed E-state index contributed by atoms with van der Waals surface area (Å²) in [4.78, 5) is 24.0. The Bertz CT molecular complexity index is 788. The zero-order chi connectivity index (χ0) is 18.9. The molecule has 0 aliphatic carbocycles. The van der Waals surface area contributed by atoms with Gasteiger partial charge >= 0.3 is 0 Å². The van der Waals surface area contributed by atoms with E-state index in [1.807, 2.05) is 44.2 Å². The normalized spacial score (nSPS) is 10.1. The van der Waals surface area contributed by atoms with E-state index in [1.54, 1.807) is 18.2 Å². The molecule has 26 heavy (non-hydrogen) atoms. The molecule has 0 heterocycles. The molecule has 6 heteroatoms. The number of unbranched alkanes of at least 4 members (excludes halogenated alkanes) is 1. The van der Waals surface area contributed by atoms with E-state index in [-0.39, 0.29) is 16.9 Å². The molecule has 2 rings (SSSR count). The molecule has 0 saturated heterocycles. The summed E-state index contributed by atoms with van der Waals surface area (Å²) in [6.07, 6.45) is 2.34. The molecule has 2 amide bonds. The number of carbonyl (C=O) groups excluding carboxylic acids is 2. The number of carbonyl (C=O) groups is 2. The first-order valence-electron chi connectivity index (χ1n) is 8.57. The van der Waals surface area contributed by atoms with Crippen LogP contribution in [0.3, 0.4) is 0 Å². The van der Waals surface area contributed by atoms with Gasteiger partial charge in [-0.1, -0.05) is 37.1 Å². The lowest BCUT2D eigenvalue weighted by Crippen LogP contribution is -2.34. The third-order valence-electron chi connectivity index (χ3n) is 3.70. The van der Waals surface area contributed by atoms with Crippen LogP contribution < -0.4 is 16.0 Å². The van der Waals surface area contributed by atoms with E-state index in [4.69, 9.17) is 12.2 Å². The number of thiocarbonyl (C=S) groups is 1. The van der Waals surface area contributed by atoms with Gasteiger partial charge < -0.3 is 10.6 Å². The molecule has 0 radical (unpaired) electrons. The summed E-state index contributed by atoms with van der Waals surface area (Å²) in [6.45, 7) is 4.01. The summed E-state index contributed by atoms with van der Waals surface area (Å²) in [5.74, 6) is -0.286. The van der Waals surface area contributed by atoms with Crippen LogP contribution in [0.4, 0.5) is 11.4 Å². The third kappa shape index (κ3) is 6.29. The highest BCUT2D eigenvalue weighted by Gasteiger charge is 2.08. The van der Waals surface area contributed by atoms with Crippen LogP contribution in [-0.4, -0.2) is 16.9 Å². The average molecular weight is 369 g/mol. The first kappa shape index (κ1) is 19.6. The number of benzene rings is 2. The highest BCUT2D eigenvalue weighted by atomic mass is 32.1. The SMILES string of the molecule is CCCCC(=O)Nc1cccc(NC(=S)NC(=O)c2ccc(C)cc2)c1. The van der Waals surface area contributed by atoms with Crippen LogP contribution in [0, 0.1) is 6.92 Å². The third-order valence-corrected chi connectivity index (χ3v) is 3.91. The molecule has 0 bridgehead atoms. The van der Waals surface area contributed by atoms with Gasteiger partial charge in [-0.25, -0.2) is 0 Å². The van der Waals surface area contributed by atoms with Gasteiger partial charge in [0.15, 0.2) is 5.11 Å². The molecular weight excluding hydrogens is 346 g/mol. The standard InChI is InChI=1S/C20H23N3O2S/c1-3-4-8-18(24)21-16-6-5-7-17(13-16)22-20(26)23-19(25)15-11-9-14(2)10-12-15/h5-7,9-13H,3-4,8H2,1-2H3,(H,21,24)(H2,22,23,25,26). The van der Waals surface area contributed by atoms with Crippen LogP contribution in [0.5, 0.6) is 0 Å². The largest absolute Gasteiger partial charge is 0.332 e. The Morgan fingerprint density at radius 1 is 1.00 bits per heavy atom. The molecule has 3 N–H and O–H groups in total. The molecule has 136 valence electrons. The molecule has 2 aromatic carbocycles. The second kappa shape index (κ2) is 9.68. The van der Waals surface area contributed by atoms with Gasteiger partial charge in [0, 0.05) is 23.4 Å². The van der Waals surface area contributed by atoms with E-state index in [9.17, 15) is 9.59 Å². The fourth-order valence-electron chi connectivity index (χ4n) is 2.28. The fourth-order valence-corrected chi connectivity index (χ4v) is 2.49. The summed E-state index contributed by atoms with van der Waals surface area (Å²) in [7, 11) is 0. The first-order valence-corrected chi connectivity index (χ1v) is 8.97. The average Bonchev–Trinajstić information content (AvgIpc) is 2.60. The number of hydrogen-bond donors (Lipinski definition) is 3. The molecule has 0 fully saturated rings. The second-order valence-electron chi connectivity index (χ2n) is 6.01. The van der Waals surface area contributed by atoms with Gasteiger partial charge in [0.2, 0.25) is 5.91 Å². The molecule has 2 aromatic rings. The Hall–Kier alpha value is -2.73. The molecule has 0 aliphatic rings. The molecular formula is C20H23N3O2S. The molecule has 5 nitrogen and oxygen atoms in total. The van der Waals surface area contributed by atoms with Crippen molar-refractivity contribution in [1.29, 1.82) is 0 Å². The smallest absolute Gasteiger partial charge is 0.257 e. The van der Waals surface area contributed by atoms with Crippen LogP contribution in [0.25, 0.3) is 0 Å². The summed E-state index contributed by atoms with van der Waals surface area (Å²) >= 11 is 5.20. The van der Waals surface area contributed by atoms with E-state index in [0.29, 0.717) is 23.4 Å². The highest BCUT2D eigenvalue weighted by molar-refractivity contribution is 7.80. The van der Waals surface area contributed by atoms with E-state index in [1.165, 1.54) is 0 Å². The Balaban J connectivity index is 1.92. The Morgan fingerprint density at radius 3 is 2.31 bits per heavy atom. The van der Waals surface area contributed by atoms with Crippen LogP contribution in [0.2, 0.25) is 0 Å². The Morgan fingerprint density at radius 2 is 1.65 bits per heavy atom. The van der Waals surface area contributed by atoms with Gasteiger partial charge in [0.25, 0.3) is 5.91 Å². The molecule has 0 saturated carbocycles. The number of aryl methyl sites for hydroxylation is 1. The van der Waals surface area contributed by atoms with Crippen molar-refractivity contribution >= 4 is 40.5 Å². The van der Waals surface area contributed by atoms with Crippen molar-refractivity contribution in [1.82, 2.24) is 5.32 Å². The first-order chi connectivity index (χ1) is 12.5. The Kier molecular flexibility index (Phi) is 7.29. The lowest BCUT2D eigenvalue weighted by Gasteiger charge is -2.11. The van der Waals surface area contributed by atoms with Crippen molar-refractivity contribution in [2.24, 2.45) is 0 Å². The maximum absolute atomic E-state index is 12.2. The number of amides is 2. The summed E-state index contributed by atoms with van der Waals surface area (Å²) in [6, 6.07) is 14.4. The maximum atomic E-state index is 12.2. The van der Waals surface area contributed by atoms with Crippen LogP contribution in [0.15, 0.2) is 48.5 Å². The quantitative estimate of drug-likeness (QED) is 0.666. The minimum Gasteiger partial charge on any atom is -0.332 e. The van der Waals surface area contributed by atoms with Gasteiger partial charge in [0.05, 0.1) is 0 Å². The molecule has 0 aliphatic heterocycles. The number of hydrogen-bond acceptors (Lipinski definition) is 3. The van der Waals surface area contributed by atoms with E-state index >= 15 is 0 Å². The van der Waals surface area contributed by atoms with Crippen molar-refractivity contribution < 1.29 is 9.59 Å².